The van der Waals surface area contributed by atoms with Crippen LogP contribution in [0.25, 0.3) is 0 Å². The van der Waals surface area contributed by atoms with Crippen LogP contribution < -0.4 is 4.74 Å². The van der Waals surface area contributed by atoms with Gasteiger partial charge in [-0.2, -0.15) is 0 Å². The number of benzene rings is 1. The Balaban J connectivity index is 2.43. The Bertz CT molecular complexity index is 357. The Kier molecular flexibility index (Phi) is 4.42. The lowest BCUT2D eigenvalue weighted by Crippen LogP contribution is -1.98. The molecule has 0 fully saturated rings. The maximum absolute atomic E-state index is 5.53. The number of aryl methyl sites for hydroxylation is 1. The quantitative estimate of drug-likeness (QED) is 0.659. The molecule has 1 nitrogen and oxygen atoms in total. The van der Waals surface area contributed by atoms with Crippen LogP contribution in [0.3, 0.4) is 0 Å². The molecule has 0 heterocycles. The zero-order chi connectivity index (χ0) is 11.1. The molecule has 0 saturated heterocycles. The first-order valence-corrected chi connectivity index (χ1v) is 4.88. The molecule has 0 radical (unpaired) electrons. The summed E-state index contributed by atoms with van der Waals surface area (Å²) in [6.07, 6.45) is 5.46. The highest BCUT2D eigenvalue weighted by atomic mass is 16.5. The monoisotopic (exact) mass is 200 g/mol. The highest BCUT2D eigenvalue weighted by Gasteiger charge is 1.93. The van der Waals surface area contributed by atoms with Crippen molar-refractivity contribution in [3.8, 4) is 5.75 Å². The second kappa shape index (κ2) is 5.86. The summed E-state index contributed by atoms with van der Waals surface area (Å²) >= 11 is 0. The molecule has 1 aromatic carbocycles. The average Bonchev–Trinajstić information content (AvgIpc) is 2.25. The van der Waals surface area contributed by atoms with Crippen LogP contribution in [-0.2, 0) is 0 Å². The Morgan fingerprint density at radius 1 is 1.33 bits per heavy atom. The number of allylic oxidation sites excluding steroid dienone is 2. The van der Waals surface area contributed by atoms with Crippen molar-refractivity contribution in [3.63, 3.8) is 0 Å². The van der Waals surface area contributed by atoms with Crippen LogP contribution in [0.4, 0.5) is 0 Å². The summed E-state index contributed by atoms with van der Waals surface area (Å²) in [5.41, 5.74) is 2.16. The smallest absolute Gasteiger partial charge is 0.119 e. The number of hydrogen-bond acceptors (Lipinski definition) is 1. The zero-order valence-electron chi connectivity index (χ0n) is 9.07. The van der Waals surface area contributed by atoms with Gasteiger partial charge >= 0.3 is 0 Å². The van der Waals surface area contributed by atoms with Crippen LogP contribution in [0.1, 0.15) is 5.56 Å². The Hall–Kier alpha value is -1.76. The van der Waals surface area contributed by atoms with E-state index in [-0.39, 0.29) is 0 Å². The number of rotatable bonds is 5. The fourth-order valence-electron chi connectivity index (χ4n) is 1.06. The molecule has 0 saturated carbocycles. The molecule has 0 unspecified atom stereocenters. The fourth-order valence-corrected chi connectivity index (χ4v) is 1.06. The van der Waals surface area contributed by atoms with Gasteiger partial charge in [-0.25, -0.2) is 0 Å². The summed E-state index contributed by atoms with van der Waals surface area (Å²) < 4.78 is 5.53. The van der Waals surface area contributed by atoms with Crippen molar-refractivity contribution in [2.24, 2.45) is 0 Å². The fraction of sp³-hybridized carbons (Fsp3) is 0.143. The van der Waals surface area contributed by atoms with Crippen molar-refractivity contribution >= 4 is 0 Å². The molecule has 0 spiro atoms. The van der Waals surface area contributed by atoms with Gasteiger partial charge in [-0.05, 0) is 24.6 Å². The summed E-state index contributed by atoms with van der Waals surface area (Å²) in [6.45, 7) is 10.0. The third-order valence-corrected chi connectivity index (χ3v) is 1.91. The van der Waals surface area contributed by atoms with Crippen LogP contribution >= 0.6 is 0 Å². The maximum Gasteiger partial charge on any atom is 0.119 e. The third kappa shape index (κ3) is 4.32. The molecule has 0 N–H and O–H groups in total. The van der Waals surface area contributed by atoms with Gasteiger partial charge in [-0.15, -0.1) is 0 Å². The standard InChI is InChI=1S/C14H16O/c1-4-5-6-13(3)11-15-14-9-7-12(2)8-10-14/h4-10H,1,3,11H2,2H3/b6-5-. The van der Waals surface area contributed by atoms with Crippen molar-refractivity contribution in [1.82, 2.24) is 0 Å². The summed E-state index contributed by atoms with van der Waals surface area (Å²) in [5.74, 6) is 0.869. The summed E-state index contributed by atoms with van der Waals surface area (Å²) in [7, 11) is 0. The molecular weight excluding hydrogens is 184 g/mol. The Morgan fingerprint density at radius 3 is 2.60 bits per heavy atom. The van der Waals surface area contributed by atoms with E-state index in [4.69, 9.17) is 4.74 Å². The third-order valence-electron chi connectivity index (χ3n) is 1.91. The minimum absolute atomic E-state index is 0.507. The van der Waals surface area contributed by atoms with Crippen LogP contribution in [-0.4, -0.2) is 6.61 Å². The largest absolute Gasteiger partial charge is 0.489 e. The van der Waals surface area contributed by atoms with Crippen molar-refractivity contribution in [2.75, 3.05) is 6.61 Å². The summed E-state index contributed by atoms with van der Waals surface area (Å²) in [6, 6.07) is 7.97. The van der Waals surface area contributed by atoms with Gasteiger partial charge in [0, 0.05) is 0 Å². The number of ether oxygens (including phenoxy) is 1. The van der Waals surface area contributed by atoms with E-state index in [2.05, 4.69) is 20.1 Å². The molecule has 1 rings (SSSR count). The van der Waals surface area contributed by atoms with E-state index < -0.39 is 0 Å². The predicted molar refractivity (Wildman–Crippen MR) is 65.2 cm³/mol. The molecule has 0 atom stereocenters. The van der Waals surface area contributed by atoms with E-state index in [0.717, 1.165) is 11.3 Å². The van der Waals surface area contributed by atoms with E-state index in [1.807, 2.05) is 36.4 Å². The molecule has 0 aliphatic rings. The summed E-state index contributed by atoms with van der Waals surface area (Å²) in [5, 5.41) is 0. The molecule has 1 heteroatoms. The molecule has 0 aliphatic carbocycles. The predicted octanol–water partition coefficient (Wildman–Crippen LogP) is 3.67. The first kappa shape index (κ1) is 11.3. The second-order valence-corrected chi connectivity index (χ2v) is 3.35. The van der Waals surface area contributed by atoms with Gasteiger partial charge in [-0.3, -0.25) is 0 Å². The average molecular weight is 200 g/mol. The SMILES string of the molecule is C=C/C=C\C(=C)COc1ccc(C)cc1. The van der Waals surface area contributed by atoms with E-state index >= 15 is 0 Å². The molecule has 1 aromatic rings. The Labute approximate surface area is 91.4 Å². The molecule has 0 amide bonds. The van der Waals surface area contributed by atoms with E-state index in [1.54, 1.807) is 6.08 Å². The van der Waals surface area contributed by atoms with Crippen LogP contribution in [0.15, 0.2) is 61.2 Å². The second-order valence-electron chi connectivity index (χ2n) is 3.35. The number of hydrogen-bond donors (Lipinski definition) is 0. The molecule has 0 aliphatic heterocycles. The van der Waals surface area contributed by atoms with Crippen molar-refractivity contribution in [1.29, 1.82) is 0 Å². The van der Waals surface area contributed by atoms with Gasteiger partial charge in [-0.1, -0.05) is 49.1 Å². The van der Waals surface area contributed by atoms with Crippen molar-refractivity contribution in [2.45, 2.75) is 6.92 Å². The van der Waals surface area contributed by atoms with Crippen molar-refractivity contribution in [3.05, 3.63) is 66.8 Å². The lowest BCUT2D eigenvalue weighted by Gasteiger charge is -2.05. The minimum Gasteiger partial charge on any atom is -0.489 e. The van der Waals surface area contributed by atoms with Crippen LogP contribution in [0, 0.1) is 6.92 Å². The Morgan fingerprint density at radius 2 is 2.00 bits per heavy atom. The van der Waals surface area contributed by atoms with Gasteiger partial charge in [0.05, 0.1) is 0 Å². The van der Waals surface area contributed by atoms with Gasteiger partial charge in [0.15, 0.2) is 0 Å². The minimum atomic E-state index is 0.507. The molecular formula is C14H16O. The first-order valence-electron chi connectivity index (χ1n) is 4.88. The highest BCUT2D eigenvalue weighted by Crippen LogP contribution is 2.12. The van der Waals surface area contributed by atoms with Gasteiger partial charge in [0.2, 0.25) is 0 Å². The van der Waals surface area contributed by atoms with E-state index in [0.29, 0.717) is 6.61 Å². The van der Waals surface area contributed by atoms with Gasteiger partial charge in [0.1, 0.15) is 12.4 Å². The summed E-state index contributed by atoms with van der Waals surface area (Å²) in [4.78, 5) is 0. The van der Waals surface area contributed by atoms with E-state index in [9.17, 15) is 0 Å². The highest BCUT2D eigenvalue weighted by molar-refractivity contribution is 5.27. The molecule has 0 aromatic heterocycles. The first-order chi connectivity index (χ1) is 7.22. The van der Waals surface area contributed by atoms with Gasteiger partial charge in [0.25, 0.3) is 0 Å². The zero-order valence-corrected chi connectivity index (χ0v) is 9.07. The van der Waals surface area contributed by atoms with E-state index in [1.165, 1.54) is 5.56 Å². The molecule has 78 valence electrons. The lowest BCUT2D eigenvalue weighted by molar-refractivity contribution is 0.356. The maximum atomic E-state index is 5.53. The van der Waals surface area contributed by atoms with Gasteiger partial charge < -0.3 is 4.74 Å². The molecule has 0 bridgehead atoms. The topological polar surface area (TPSA) is 9.23 Å². The molecule has 15 heavy (non-hydrogen) atoms. The van der Waals surface area contributed by atoms with Crippen molar-refractivity contribution < 1.29 is 4.74 Å². The lowest BCUT2D eigenvalue weighted by atomic mass is 10.2. The van der Waals surface area contributed by atoms with Crippen LogP contribution in [0.5, 0.6) is 5.75 Å². The normalized spacial score (nSPS) is 10.2. The van der Waals surface area contributed by atoms with Crippen LogP contribution in [0.2, 0.25) is 0 Å².